The number of nitrogens with zero attached hydrogens (tertiary/aromatic N) is 6. The molecule has 12 heteroatoms. The Labute approximate surface area is 220 Å². The molecule has 1 saturated heterocycles. The van der Waals surface area contributed by atoms with Crippen molar-refractivity contribution in [1.82, 2.24) is 19.5 Å². The van der Waals surface area contributed by atoms with Crippen LogP contribution < -0.4 is 4.90 Å². The number of non-ortho nitro benzene ring substituents is 1. The zero-order valence-corrected chi connectivity index (χ0v) is 21.0. The van der Waals surface area contributed by atoms with Crippen LogP contribution in [0, 0.1) is 10.1 Å². The van der Waals surface area contributed by atoms with Crippen molar-refractivity contribution in [3.63, 3.8) is 0 Å². The fraction of sp³-hybridized carbons (Fsp3) is 0.200. The van der Waals surface area contributed by atoms with Gasteiger partial charge in [0.25, 0.3) is 5.69 Å². The molecule has 0 saturated carbocycles. The van der Waals surface area contributed by atoms with Crippen molar-refractivity contribution in [2.75, 3.05) is 31.1 Å². The van der Waals surface area contributed by atoms with Gasteiger partial charge in [-0.3, -0.25) is 15.0 Å². The van der Waals surface area contributed by atoms with Gasteiger partial charge >= 0.3 is 0 Å². The van der Waals surface area contributed by atoms with Crippen molar-refractivity contribution in [2.24, 2.45) is 0 Å². The van der Waals surface area contributed by atoms with Gasteiger partial charge in [0, 0.05) is 49.0 Å². The first-order chi connectivity index (χ1) is 18.0. The number of hydrogen-bond acceptors (Lipinski definition) is 9. The molecule has 1 unspecified atom stereocenters. The Bertz CT molecular complexity index is 1560. The number of hydrogen-bond donors (Lipinski definition) is 1. The smallest absolute Gasteiger partial charge is 0.269 e. The van der Waals surface area contributed by atoms with Crippen LogP contribution in [-0.2, 0) is 0 Å². The molecule has 1 aliphatic heterocycles. The van der Waals surface area contributed by atoms with E-state index in [2.05, 4.69) is 19.9 Å². The number of aromatic hydroxyl groups is 1. The van der Waals surface area contributed by atoms with Gasteiger partial charge in [-0.25, -0.2) is 0 Å². The lowest BCUT2D eigenvalue weighted by molar-refractivity contribution is -0.384. The second-order valence-corrected chi connectivity index (χ2v) is 10.1. The summed E-state index contributed by atoms with van der Waals surface area (Å²) in [5.41, 5.74) is 1.92. The molecule has 2 aromatic carbocycles. The summed E-state index contributed by atoms with van der Waals surface area (Å²) in [6, 6.07) is 17.4. The minimum atomic E-state index is -0.417. The molecule has 6 rings (SSSR count). The summed E-state index contributed by atoms with van der Waals surface area (Å²) in [6.07, 6.45) is 1.55. The van der Waals surface area contributed by atoms with Crippen LogP contribution in [0.15, 0.2) is 71.3 Å². The van der Waals surface area contributed by atoms with Crippen LogP contribution in [0.2, 0.25) is 5.02 Å². The predicted molar refractivity (Wildman–Crippen MR) is 140 cm³/mol. The number of fused-ring (bicyclic) bond motifs is 1. The van der Waals surface area contributed by atoms with Crippen LogP contribution in [0.1, 0.15) is 16.5 Å². The molecular formula is C25H21ClN6O4S. The molecule has 0 bridgehead atoms. The summed E-state index contributed by atoms with van der Waals surface area (Å²) in [6.45, 7) is 2.93. The maximum atomic E-state index is 11.2. The maximum absolute atomic E-state index is 11.2. The Kier molecular flexibility index (Phi) is 6.03. The quantitative estimate of drug-likeness (QED) is 0.232. The van der Waals surface area contributed by atoms with Gasteiger partial charge in [-0.1, -0.05) is 41.1 Å². The number of nitro groups is 1. The van der Waals surface area contributed by atoms with Gasteiger partial charge in [0.15, 0.2) is 5.76 Å². The third kappa shape index (κ3) is 4.41. The molecule has 1 fully saturated rings. The Balaban J connectivity index is 1.34. The molecule has 0 spiro atoms. The SMILES string of the molecule is O=[N+]([O-])c1ccc(C(c2sc3nc(-c4ccco4)nn3c2O)N2CCN(c3cccc(Cl)c3)CC2)cc1. The molecular weight excluding hydrogens is 516 g/mol. The van der Waals surface area contributed by atoms with Crippen molar-refractivity contribution in [3.8, 4) is 17.5 Å². The molecule has 0 aliphatic carbocycles. The zero-order chi connectivity index (χ0) is 25.5. The summed E-state index contributed by atoms with van der Waals surface area (Å²) >= 11 is 7.54. The second-order valence-electron chi connectivity index (χ2n) is 8.65. The van der Waals surface area contributed by atoms with Crippen molar-refractivity contribution in [1.29, 1.82) is 0 Å². The van der Waals surface area contributed by atoms with Crippen molar-refractivity contribution < 1.29 is 14.4 Å². The molecule has 37 heavy (non-hydrogen) atoms. The number of halogens is 1. The monoisotopic (exact) mass is 536 g/mol. The molecule has 188 valence electrons. The van der Waals surface area contributed by atoms with Gasteiger partial charge in [0.2, 0.25) is 16.7 Å². The fourth-order valence-electron chi connectivity index (χ4n) is 4.66. The fourth-order valence-corrected chi connectivity index (χ4v) is 5.96. The van der Waals surface area contributed by atoms with E-state index in [1.165, 1.54) is 28.0 Å². The van der Waals surface area contributed by atoms with E-state index in [-0.39, 0.29) is 17.6 Å². The zero-order valence-electron chi connectivity index (χ0n) is 19.4. The van der Waals surface area contributed by atoms with Crippen molar-refractivity contribution in [2.45, 2.75) is 6.04 Å². The lowest BCUT2D eigenvalue weighted by Crippen LogP contribution is -2.47. The third-order valence-electron chi connectivity index (χ3n) is 6.46. The number of piperazine rings is 1. The highest BCUT2D eigenvalue weighted by molar-refractivity contribution is 7.17. The first-order valence-electron chi connectivity index (χ1n) is 11.6. The highest BCUT2D eigenvalue weighted by Gasteiger charge is 2.32. The first-order valence-corrected chi connectivity index (χ1v) is 12.8. The summed E-state index contributed by atoms with van der Waals surface area (Å²) < 4.78 is 6.81. The van der Waals surface area contributed by atoms with E-state index in [9.17, 15) is 15.2 Å². The topological polar surface area (TPSA) is 113 Å². The van der Waals surface area contributed by atoms with Crippen molar-refractivity contribution >= 4 is 39.3 Å². The number of aromatic nitrogens is 3. The Morgan fingerprint density at radius 1 is 1.08 bits per heavy atom. The number of rotatable bonds is 6. The molecule has 1 aliphatic rings. The maximum Gasteiger partial charge on any atom is 0.269 e. The number of nitro benzene ring substituents is 1. The van der Waals surface area contributed by atoms with E-state index < -0.39 is 4.92 Å². The summed E-state index contributed by atoms with van der Waals surface area (Å²) in [4.78, 5) is 21.1. The van der Waals surface area contributed by atoms with Crippen LogP contribution in [-0.4, -0.2) is 55.7 Å². The molecule has 0 amide bonds. The second kappa shape index (κ2) is 9.51. The average molecular weight is 537 g/mol. The van der Waals surface area contributed by atoms with Gasteiger partial charge in [0.1, 0.15) is 0 Å². The van der Waals surface area contributed by atoms with Crippen LogP contribution >= 0.6 is 22.9 Å². The van der Waals surface area contributed by atoms with E-state index in [0.717, 1.165) is 24.3 Å². The molecule has 4 heterocycles. The Morgan fingerprint density at radius 3 is 2.51 bits per heavy atom. The molecule has 1 N–H and O–H groups in total. The summed E-state index contributed by atoms with van der Waals surface area (Å²) in [5.74, 6) is 0.895. The number of benzene rings is 2. The lowest BCUT2D eigenvalue weighted by Gasteiger charge is -2.40. The van der Waals surface area contributed by atoms with Crippen LogP contribution in [0.25, 0.3) is 16.5 Å². The van der Waals surface area contributed by atoms with Crippen LogP contribution in [0.3, 0.4) is 0 Å². The van der Waals surface area contributed by atoms with E-state index >= 15 is 0 Å². The highest BCUT2D eigenvalue weighted by atomic mass is 35.5. The third-order valence-corrected chi connectivity index (χ3v) is 7.77. The predicted octanol–water partition coefficient (Wildman–Crippen LogP) is 5.23. The minimum absolute atomic E-state index is 0.00840. The van der Waals surface area contributed by atoms with Crippen molar-refractivity contribution in [3.05, 3.63) is 92.5 Å². The van der Waals surface area contributed by atoms with Gasteiger partial charge < -0.3 is 14.4 Å². The Morgan fingerprint density at radius 2 is 1.86 bits per heavy atom. The lowest BCUT2D eigenvalue weighted by atomic mass is 10.0. The number of furan rings is 1. The van der Waals surface area contributed by atoms with Gasteiger partial charge in [-0.05, 0) is 35.9 Å². The van der Waals surface area contributed by atoms with E-state index in [0.29, 0.717) is 39.5 Å². The molecule has 10 nitrogen and oxygen atoms in total. The molecule has 1 atom stereocenters. The molecule has 0 radical (unpaired) electrons. The normalized spacial score (nSPS) is 15.3. The summed E-state index contributed by atoms with van der Waals surface area (Å²) in [7, 11) is 0. The van der Waals surface area contributed by atoms with E-state index in [4.69, 9.17) is 16.0 Å². The molecule has 5 aromatic rings. The van der Waals surface area contributed by atoms with Crippen LogP contribution in [0.4, 0.5) is 11.4 Å². The minimum Gasteiger partial charge on any atom is -0.492 e. The average Bonchev–Trinajstić information content (AvgIpc) is 3.64. The highest BCUT2D eigenvalue weighted by Crippen LogP contribution is 2.41. The number of anilines is 1. The first kappa shape index (κ1) is 23.5. The van der Waals surface area contributed by atoms with Gasteiger partial charge in [-0.15, -0.1) is 5.10 Å². The van der Waals surface area contributed by atoms with E-state index in [1.807, 2.05) is 24.3 Å². The largest absolute Gasteiger partial charge is 0.492 e. The standard InChI is InChI=1S/C25H21ClN6O4S/c26-17-3-1-4-19(15-17)29-10-12-30(13-11-29)21(16-6-8-18(9-7-16)32(34)35)22-24(33)31-25(37-22)27-23(28-31)20-5-2-14-36-20/h1-9,14-15,21,33H,10-13H2. The van der Waals surface area contributed by atoms with Gasteiger partial charge in [0.05, 0.1) is 22.1 Å². The van der Waals surface area contributed by atoms with E-state index in [1.54, 1.807) is 30.5 Å². The number of thiazole rings is 1. The van der Waals surface area contributed by atoms with Crippen LogP contribution in [0.5, 0.6) is 5.88 Å². The summed E-state index contributed by atoms with van der Waals surface area (Å²) in [5, 5.41) is 27.6. The molecule has 3 aromatic heterocycles. The Hall–Kier alpha value is -3.93. The van der Waals surface area contributed by atoms with Gasteiger partial charge in [-0.2, -0.15) is 9.50 Å².